The van der Waals surface area contributed by atoms with Gasteiger partial charge >= 0.3 is 0 Å². The van der Waals surface area contributed by atoms with Gasteiger partial charge in [-0.3, -0.25) is 4.79 Å². The third-order valence-corrected chi connectivity index (χ3v) is 4.90. The second-order valence-electron chi connectivity index (χ2n) is 5.49. The van der Waals surface area contributed by atoms with E-state index >= 15 is 0 Å². The Morgan fingerprint density at radius 3 is 2.71 bits per heavy atom. The quantitative estimate of drug-likeness (QED) is 0.572. The molecule has 1 aliphatic heterocycles. The monoisotopic (exact) mass is 301 g/mol. The fraction of sp³-hybridized carbons (Fsp3) is 0.929. The molecule has 1 amide bonds. The lowest BCUT2D eigenvalue weighted by Gasteiger charge is -2.44. The molecular formula is C14H24BrNO. The molecule has 2 unspecified atom stereocenters. The first-order valence-electron chi connectivity index (χ1n) is 7.18. The van der Waals surface area contributed by atoms with Crippen molar-refractivity contribution < 1.29 is 4.79 Å². The molecule has 1 aliphatic carbocycles. The number of amides is 1. The first-order chi connectivity index (χ1) is 8.33. The lowest BCUT2D eigenvalue weighted by atomic mass is 9.78. The summed E-state index contributed by atoms with van der Waals surface area (Å²) >= 11 is 3.43. The summed E-state index contributed by atoms with van der Waals surface area (Å²) in [5.74, 6) is 1.24. The average molecular weight is 302 g/mol. The Kier molecular flexibility index (Phi) is 5.33. The van der Waals surface area contributed by atoms with Crippen LogP contribution in [0, 0.1) is 5.92 Å². The van der Waals surface area contributed by atoms with E-state index in [0.717, 1.165) is 37.1 Å². The van der Waals surface area contributed by atoms with Gasteiger partial charge in [0.15, 0.2) is 0 Å². The molecule has 0 aromatic rings. The SMILES string of the molecule is O=C(CCCCBr)N1CCCC2CCCCC21. The van der Waals surface area contributed by atoms with E-state index in [4.69, 9.17) is 0 Å². The van der Waals surface area contributed by atoms with Crippen molar-refractivity contribution in [2.45, 2.75) is 63.8 Å². The van der Waals surface area contributed by atoms with Crippen LogP contribution >= 0.6 is 15.9 Å². The number of hydrogen-bond donors (Lipinski definition) is 0. The molecule has 0 aromatic carbocycles. The largest absolute Gasteiger partial charge is 0.339 e. The molecule has 1 saturated carbocycles. The number of hydrogen-bond acceptors (Lipinski definition) is 1. The van der Waals surface area contributed by atoms with Gasteiger partial charge < -0.3 is 4.90 Å². The van der Waals surface area contributed by atoms with Crippen LogP contribution in [0.1, 0.15) is 57.8 Å². The minimum atomic E-state index is 0.419. The maximum absolute atomic E-state index is 12.2. The molecule has 2 fully saturated rings. The summed E-state index contributed by atoms with van der Waals surface area (Å²) in [6.45, 7) is 1.02. The number of carbonyl (C=O) groups excluding carboxylic acids is 1. The molecule has 2 rings (SSSR count). The zero-order valence-electron chi connectivity index (χ0n) is 10.7. The summed E-state index contributed by atoms with van der Waals surface area (Å²) < 4.78 is 0. The highest BCUT2D eigenvalue weighted by molar-refractivity contribution is 9.09. The summed E-state index contributed by atoms with van der Waals surface area (Å²) in [5, 5.41) is 1.02. The van der Waals surface area contributed by atoms with Crippen LogP contribution in [0.5, 0.6) is 0 Å². The molecule has 0 radical (unpaired) electrons. The van der Waals surface area contributed by atoms with E-state index in [2.05, 4.69) is 20.8 Å². The number of rotatable bonds is 4. The predicted octanol–water partition coefficient (Wildman–Crippen LogP) is 3.73. The van der Waals surface area contributed by atoms with Crippen molar-refractivity contribution in [3.05, 3.63) is 0 Å². The van der Waals surface area contributed by atoms with E-state index < -0.39 is 0 Å². The van der Waals surface area contributed by atoms with Crippen molar-refractivity contribution in [3.8, 4) is 0 Å². The van der Waals surface area contributed by atoms with E-state index in [1.165, 1.54) is 38.5 Å². The van der Waals surface area contributed by atoms with Crippen LogP contribution in [-0.4, -0.2) is 28.7 Å². The summed E-state index contributed by atoms with van der Waals surface area (Å²) in [5.41, 5.74) is 0. The Morgan fingerprint density at radius 1 is 1.12 bits per heavy atom. The third kappa shape index (κ3) is 3.46. The molecule has 0 N–H and O–H groups in total. The first kappa shape index (κ1) is 13.4. The second-order valence-corrected chi connectivity index (χ2v) is 6.28. The fourth-order valence-electron chi connectivity index (χ4n) is 3.45. The number of nitrogens with zero attached hydrogens (tertiary/aromatic N) is 1. The summed E-state index contributed by atoms with van der Waals surface area (Å²) in [4.78, 5) is 14.5. The molecule has 2 atom stereocenters. The predicted molar refractivity (Wildman–Crippen MR) is 74.3 cm³/mol. The lowest BCUT2D eigenvalue weighted by molar-refractivity contribution is -0.137. The normalized spacial score (nSPS) is 28.9. The van der Waals surface area contributed by atoms with Gasteiger partial charge in [0.1, 0.15) is 0 Å². The number of halogens is 1. The van der Waals surface area contributed by atoms with Gasteiger partial charge in [0, 0.05) is 24.3 Å². The molecule has 0 bridgehead atoms. The van der Waals surface area contributed by atoms with Crippen LogP contribution in [0.25, 0.3) is 0 Å². The Hall–Kier alpha value is -0.0500. The van der Waals surface area contributed by atoms with Crippen LogP contribution in [0.2, 0.25) is 0 Å². The molecule has 1 saturated heterocycles. The van der Waals surface area contributed by atoms with E-state index in [-0.39, 0.29) is 0 Å². The van der Waals surface area contributed by atoms with Crippen molar-refractivity contribution in [1.29, 1.82) is 0 Å². The van der Waals surface area contributed by atoms with Crippen molar-refractivity contribution >= 4 is 21.8 Å². The van der Waals surface area contributed by atoms with E-state index in [9.17, 15) is 4.79 Å². The zero-order valence-corrected chi connectivity index (χ0v) is 12.3. The zero-order chi connectivity index (χ0) is 12.1. The smallest absolute Gasteiger partial charge is 0.222 e. The van der Waals surface area contributed by atoms with Crippen molar-refractivity contribution in [1.82, 2.24) is 4.90 Å². The molecule has 0 spiro atoms. The van der Waals surface area contributed by atoms with E-state index in [1.54, 1.807) is 0 Å². The number of unbranched alkanes of at least 4 members (excludes halogenated alkanes) is 1. The van der Waals surface area contributed by atoms with Gasteiger partial charge in [-0.25, -0.2) is 0 Å². The van der Waals surface area contributed by atoms with Crippen LogP contribution < -0.4 is 0 Å². The molecule has 1 heterocycles. The summed E-state index contributed by atoms with van der Waals surface area (Å²) in [6, 6.07) is 0.592. The van der Waals surface area contributed by atoms with Crippen LogP contribution in [0.4, 0.5) is 0 Å². The number of alkyl halides is 1. The lowest BCUT2D eigenvalue weighted by Crippen LogP contribution is -2.49. The Bertz CT molecular complexity index is 255. The number of fused-ring (bicyclic) bond motifs is 1. The molecule has 3 heteroatoms. The van der Waals surface area contributed by atoms with Gasteiger partial charge in [0.2, 0.25) is 5.91 Å². The standard InChI is InChI=1S/C14H24BrNO/c15-10-4-3-9-14(17)16-11-5-7-12-6-1-2-8-13(12)16/h12-13H,1-11H2. The van der Waals surface area contributed by atoms with Crippen molar-refractivity contribution in [3.63, 3.8) is 0 Å². The summed E-state index contributed by atoms with van der Waals surface area (Å²) in [6.07, 6.45) is 10.8. The van der Waals surface area contributed by atoms with Gasteiger partial charge in [-0.2, -0.15) is 0 Å². The van der Waals surface area contributed by atoms with Crippen molar-refractivity contribution in [2.24, 2.45) is 5.92 Å². The Labute approximate surface area is 113 Å². The van der Waals surface area contributed by atoms with Gasteiger partial charge in [0.05, 0.1) is 0 Å². The van der Waals surface area contributed by atoms with Gasteiger partial charge in [-0.05, 0) is 44.4 Å². The second kappa shape index (κ2) is 6.77. The van der Waals surface area contributed by atoms with Gasteiger partial charge in [0.25, 0.3) is 0 Å². The molecule has 2 nitrogen and oxygen atoms in total. The molecule has 2 aliphatic rings. The Balaban J connectivity index is 1.87. The molecule has 98 valence electrons. The highest BCUT2D eigenvalue weighted by Crippen LogP contribution is 2.35. The number of likely N-dealkylation sites (tertiary alicyclic amines) is 1. The van der Waals surface area contributed by atoms with E-state index in [1.807, 2.05) is 0 Å². The molecule has 0 aromatic heterocycles. The maximum Gasteiger partial charge on any atom is 0.222 e. The van der Waals surface area contributed by atoms with Crippen LogP contribution in [-0.2, 0) is 4.79 Å². The number of carbonyl (C=O) groups is 1. The average Bonchev–Trinajstić information content (AvgIpc) is 2.38. The van der Waals surface area contributed by atoms with Gasteiger partial charge in [-0.1, -0.05) is 28.8 Å². The third-order valence-electron chi connectivity index (χ3n) is 4.34. The highest BCUT2D eigenvalue weighted by Gasteiger charge is 2.35. The molecular weight excluding hydrogens is 278 g/mol. The minimum Gasteiger partial charge on any atom is -0.339 e. The van der Waals surface area contributed by atoms with Crippen LogP contribution in [0.3, 0.4) is 0 Å². The number of piperidine rings is 1. The van der Waals surface area contributed by atoms with Gasteiger partial charge in [-0.15, -0.1) is 0 Å². The minimum absolute atomic E-state index is 0.419. The highest BCUT2D eigenvalue weighted by atomic mass is 79.9. The first-order valence-corrected chi connectivity index (χ1v) is 8.30. The van der Waals surface area contributed by atoms with E-state index in [0.29, 0.717) is 11.9 Å². The summed E-state index contributed by atoms with van der Waals surface area (Å²) in [7, 11) is 0. The molecule has 17 heavy (non-hydrogen) atoms. The fourth-order valence-corrected chi connectivity index (χ4v) is 3.85. The van der Waals surface area contributed by atoms with Crippen LogP contribution in [0.15, 0.2) is 0 Å². The topological polar surface area (TPSA) is 20.3 Å². The van der Waals surface area contributed by atoms with Crippen molar-refractivity contribution in [2.75, 3.05) is 11.9 Å². The Morgan fingerprint density at radius 2 is 1.88 bits per heavy atom. The maximum atomic E-state index is 12.2.